The molecule has 2 heterocycles. The van der Waals surface area contributed by atoms with E-state index < -0.39 is 0 Å². The van der Waals surface area contributed by atoms with Gasteiger partial charge in [-0.3, -0.25) is 0 Å². The maximum absolute atomic E-state index is 9.32. The van der Waals surface area contributed by atoms with Crippen LogP contribution >= 0.6 is 11.3 Å². The van der Waals surface area contributed by atoms with Crippen molar-refractivity contribution in [3.8, 4) is 10.8 Å². The van der Waals surface area contributed by atoms with Crippen LogP contribution in [0, 0.1) is 5.92 Å². The monoisotopic (exact) mass is 263 g/mol. The third-order valence-corrected chi connectivity index (χ3v) is 4.47. The second-order valence-electron chi connectivity index (χ2n) is 4.86. The smallest absolute Gasteiger partial charge is 0.169 e. The highest BCUT2D eigenvalue weighted by molar-refractivity contribution is 7.13. The first-order chi connectivity index (χ1) is 8.88. The van der Waals surface area contributed by atoms with Crippen LogP contribution in [0.15, 0.2) is 24.0 Å². The zero-order valence-electron chi connectivity index (χ0n) is 10.2. The summed E-state index contributed by atoms with van der Waals surface area (Å²) in [6, 6.07) is 0.456. The maximum Gasteiger partial charge on any atom is 0.169 e. The van der Waals surface area contributed by atoms with Crippen molar-refractivity contribution in [1.82, 2.24) is 14.5 Å². The number of aliphatic hydroxyl groups is 1. The van der Waals surface area contributed by atoms with Crippen LogP contribution in [0.25, 0.3) is 10.8 Å². The Balaban J connectivity index is 1.86. The lowest BCUT2D eigenvalue weighted by molar-refractivity contribution is 0.163. The lowest BCUT2D eigenvalue weighted by atomic mass is 9.86. The number of hydrogen-bond donors (Lipinski definition) is 1. The molecule has 2 atom stereocenters. The van der Waals surface area contributed by atoms with Crippen molar-refractivity contribution in [3.05, 3.63) is 24.0 Å². The molecule has 5 heteroatoms. The van der Waals surface area contributed by atoms with E-state index in [1.165, 1.54) is 12.8 Å². The minimum atomic E-state index is 0.303. The third-order valence-electron chi connectivity index (χ3n) is 3.70. The highest BCUT2D eigenvalue weighted by atomic mass is 32.1. The molecule has 0 radical (unpaired) electrons. The van der Waals surface area contributed by atoms with E-state index in [1.54, 1.807) is 11.3 Å². The predicted octanol–water partition coefficient (Wildman–Crippen LogP) is 2.73. The number of thiazole rings is 1. The second-order valence-corrected chi connectivity index (χ2v) is 5.76. The van der Waals surface area contributed by atoms with E-state index in [4.69, 9.17) is 0 Å². The Morgan fingerprint density at radius 1 is 1.33 bits per heavy atom. The summed E-state index contributed by atoms with van der Waals surface area (Å²) in [5.41, 5.74) is 0. The zero-order chi connectivity index (χ0) is 12.4. The molecule has 0 bridgehead atoms. The first-order valence-electron chi connectivity index (χ1n) is 6.42. The molecule has 0 spiro atoms. The van der Waals surface area contributed by atoms with E-state index in [2.05, 4.69) is 14.5 Å². The summed E-state index contributed by atoms with van der Waals surface area (Å²) < 4.78 is 2.24. The Kier molecular flexibility index (Phi) is 3.43. The fourth-order valence-electron chi connectivity index (χ4n) is 2.79. The number of nitrogens with zero attached hydrogens (tertiary/aromatic N) is 3. The second kappa shape index (κ2) is 5.20. The lowest BCUT2D eigenvalue weighted by Gasteiger charge is -2.29. The van der Waals surface area contributed by atoms with E-state index in [9.17, 15) is 5.11 Å². The van der Waals surface area contributed by atoms with Crippen molar-refractivity contribution < 1.29 is 5.11 Å². The van der Waals surface area contributed by atoms with Crippen LogP contribution in [-0.4, -0.2) is 26.2 Å². The first-order valence-corrected chi connectivity index (χ1v) is 7.30. The van der Waals surface area contributed by atoms with Crippen LogP contribution < -0.4 is 0 Å². The Hall–Kier alpha value is -1.20. The van der Waals surface area contributed by atoms with Crippen LogP contribution in [0.3, 0.4) is 0 Å². The van der Waals surface area contributed by atoms with Crippen LogP contribution in [0.4, 0.5) is 0 Å². The molecule has 96 valence electrons. The summed E-state index contributed by atoms with van der Waals surface area (Å²) in [5.74, 6) is 1.41. The molecule has 0 aliphatic heterocycles. The van der Waals surface area contributed by atoms with E-state index >= 15 is 0 Å². The van der Waals surface area contributed by atoms with Gasteiger partial charge in [-0.25, -0.2) is 9.97 Å². The van der Waals surface area contributed by atoms with Gasteiger partial charge in [0.15, 0.2) is 10.8 Å². The average Bonchev–Trinajstić information content (AvgIpc) is 3.09. The molecule has 1 N–H and O–H groups in total. The van der Waals surface area contributed by atoms with Crippen molar-refractivity contribution in [2.75, 3.05) is 6.61 Å². The molecule has 1 aliphatic carbocycles. The summed E-state index contributed by atoms with van der Waals surface area (Å²) >= 11 is 1.62. The molecular formula is C13H17N3OS. The maximum atomic E-state index is 9.32. The SMILES string of the molecule is OC[C@H]1CCC[C@@H](n2ccnc2-c2nccs2)C1. The topological polar surface area (TPSA) is 50.9 Å². The van der Waals surface area contributed by atoms with Crippen molar-refractivity contribution in [2.24, 2.45) is 5.92 Å². The standard InChI is InChI=1S/C13H17N3OS/c17-9-10-2-1-3-11(8-10)16-6-4-14-12(16)13-15-5-7-18-13/h4-7,10-11,17H,1-3,8-9H2/t10-,11+/m0/s1. The summed E-state index contributed by atoms with van der Waals surface area (Å²) in [5, 5.41) is 12.3. The molecule has 3 rings (SSSR count). The number of hydrogen-bond acceptors (Lipinski definition) is 4. The minimum absolute atomic E-state index is 0.303. The molecule has 0 amide bonds. The molecule has 2 aromatic heterocycles. The summed E-state index contributed by atoms with van der Waals surface area (Å²) in [6.45, 7) is 0.303. The van der Waals surface area contributed by atoms with Gasteiger partial charge >= 0.3 is 0 Å². The van der Waals surface area contributed by atoms with Crippen molar-refractivity contribution in [1.29, 1.82) is 0 Å². The van der Waals surface area contributed by atoms with E-state index in [-0.39, 0.29) is 0 Å². The van der Waals surface area contributed by atoms with E-state index in [1.807, 2.05) is 24.0 Å². The molecule has 1 fully saturated rings. The van der Waals surface area contributed by atoms with Gasteiger partial charge in [0.1, 0.15) is 0 Å². The lowest BCUT2D eigenvalue weighted by Crippen LogP contribution is -2.21. The molecule has 4 nitrogen and oxygen atoms in total. The van der Waals surface area contributed by atoms with Gasteiger partial charge in [0, 0.05) is 36.6 Å². The van der Waals surface area contributed by atoms with Gasteiger partial charge in [0.05, 0.1) is 0 Å². The Labute approximate surface area is 110 Å². The molecule has 0 unspecified atom stereocenters. The fraction of sp³-hybridized carbons (Fsp3) is 0.538. The van der Waals surface area contributed by atoms with Crippen molar-refractivity contribution in [3.63, 3.8) is 0 Å². The predicted molar refractivity (Wildman–Crippen MR) is 71.4 cm³/mol. The van der Waals surface area contributed by atoms with Gasteiger partial charge in [-0.1, -0.05) is 6.42 Å². The number of aliphatic hydroxyl groups excluding tert-OH is 1. The number of rotatable bonds is 3. The normalized spacial score (nSPS) is 24.3. The molecule has 0 aromatic carbocycles. The van der Waals surface area contributed by atoms with Crippen LogP contribution in [0.5, 0.6) is 0 Å². The largest absolute Gasteiger partial charge is 0.396 e. The van der Waals surface area contributed by atoms with E-state index in [0.717, 1.165) is 23.7 Å². The summed E-state index contributed by atoms with van der Waals surface area (Å²) in [4.78, 5) is 8.77. The van der Waals surface area contributed by atoms with Gasteiger partial charge < -0.3 is 9.67 Å². The van der Waals surface area contributed by atoms with Gasteiger partial charge in [0.25, 0.3) is 0 Å². The Morgan fingerprint density at radius 3 is 3.06 bits per heavy atom. The summed E-state index contributed by atoms with van der Waals surface area (Å²) in [7, 11) is 0. The average molecular weight is 263 g/mol. The van der Waals surface area contributed by atoms with Gasteiger partial charge in [-0.2, -0.15) is 0 Å². The van der Waals surface area contributed by atoms with Crippen molar-refractivity contribution >= 4 is 11.3 Å². The van der Waals surface area contributed by atoms with Gasteiger partial charge in [-0.15, -0.1) is 11.3 Å². The zero-order valence-corrected chi connectivity index (χ0v) is 11.0. The molecule has 0 saturated heterocycles. The first kappa shape index (κ1) is 11.9. The van der Waals surface area contributed by atoms with Crippen LogP contribution in [0.1, 0.15) is 31.7 Å². The van der Waals surface area contributed by atoms with Crippen molar-refractivity contribution in [2.45, 2.75) is 31.7 Å². The third kappa shape index (κ3) is 2.20. The highest BCUT2D eigenvalue weighted by Crippen LogP contribution is 2.35. The van der Waals surface area contributed by atoms with Gasteiger partial charge in [-0.05, 0) is 25.2 Å². The molecule has 1 saturated carbocycles. The molecular weight excluding hydrogens is 246 g/mol. The Morgan fingerprint density at radius 2 is 2.28 bits per heavy atom. The molecule has 1 aliphatic rings. The Bertz CT molecular complexity index is 494. The van der Waals surface area contributed by atoms with Crippen LogP contribution in [0.2, 0.25) is 0 Å². The number of aromatic nitrogens is 3. The number of imidazole rings is 1. The highest BCUT2D eigenvalue weighted by Gasteiger charge is 2.24. The quantitative estimate of drug-likeness (QED) is 0.926. The van der Waals surface area contributed by atoms with Crippen LogP contribution in [-0.2, 0) is 0 Å². The van der Waals surface area contributed by atoms with Gasteiger partial charge in [0.2, 0.25) is 0 Å². The molecule has 2 aromatic rings. The summed E-state index contributed by atoms with van der Waals surface area (Å²) in [6.07, 6.45) is 10.3. The fourth-order valence-corrected chi connectivity index (χ4v) is 3.42. The molecule has 18 heavy (non-hydrogen) atoms. The minimum Gasteiger partial charge on any atom is -0.396 e. The van der Waals surface area contributed by atoms with E-state index in [0.29, 0.717) is 18.6 Å².